The van der Waals surface area contributed by atoms with E-state index in [1.165, 1.54) is 12.1 Å². The van der Waals surface area contributed by atoms with Crippen LogP contribution < -0.4 is 15.4 Å². The molecule has 2 rings (SSSR count). The molecule has 0 radical (unpaired) electrons. The van der Waals surface area contributed by atoms with Crippen LogP contribution in [0.25, 0.3) is 0 Å². The van der Waals surface area contributed by atoms with E-state index in [-0.39, 0.29) is 12.1 Å². The van der Waals surface area contributed by atoms with Crippen molar-refractivity contribution in [3.63, 3.8) is 0 Å². The highest BCUT2D eigenvalue weighted by molar-refractivity contribution is 5.99. The molecule has 0 spiro atoms. The maximum atomic E-state index is 11.9. The summed E-state index contributed by atoms with van der Waals surface area (Å²) in [4.78, 5) is 22.2. The van der Waals surface area contributed by atoms with E-state index in [0.717, 1.165) is 0 Å². The Bertz CT molecular complexity index is 654. The number of anilines is 2. The molecule has 0 aliphatic heterocycles. The first kappa shape index (κ1) is 15.5. The minimum atomic E-state index is -0.381. The van der Waals surface area contributed by atoms with Crippen molar-refractivity contribution in [2.24, 2.45) is 5.18 Å². The van der Waals surface area contributed by atoms with Crippen molar-refractivity contribution < 1.29 is 9.53 Å². The van der Waals surface area contributed by atoms with Gasteiger partial charge in [-0.15, -0.1) is 4.91 Å². The van der Waals surface area contributed by atoms with Gasteiger partial charge in [0.1, 0.15) is 11.4 Å². The molecule has 2 N–H and O–H groups in total. The normalized spacial score (nSPS) is 10.1. The molecule has 0 saturated heterocycles. The predicted octanol–water partition coefficient (Wildman–Crippen LogP) is 4.52. The van der Waals surface area contributed by atoms with Crippen molar-refractivity contribution in [3.05, 3.63) is 53.4 Å². The van der Waals surface area contributed by atoms with Gasteiger partial charge in [-0.3, -0.25) is 0 Å². The Balaban J connectivity index is 1.97. The third-order valence-electron chi connectivity index (χ3n) is 2.69. The lowest BCUT2D eigenvalue weighted by Gasteiger charge is -2.12. The summed E-state index contributed by atoms with van der Waals surface area (Å²) < 4.78 is 5.57. The van der Waals surface area contributed by atoms with E-state index in [1.54, 1.807) is 30.3 Å². The molecule has 2 aromatic carbocycles. The number of rotatable bonds is 5. The molecule has 0 unspecified atom stereocenters. The number of hydrogen-bond acceptors (Lipinski definition) is 4. The van der Waals surface area contributed by atoms with Crippen molar-refractivity contribution >= 4 is 23.1 Å². The lowest BCUT2D eigenvalue weighted by atomic mass is 10.3. The van der Waals surface area contributed by atoms with E-state index in [9.17, 15) is 9.70 Å². The number of ether oxygens (including phenoxy) is 1. The molecule has 22 heavy (non-hydrogen) atoms. The third kappa shape index (κ3) is 4.59. The fourth-order valence-corrected chi connectivity index (χ4v) is 1.82. The largest absolute Gasteiger partial charge is 0.491 e. The van der Waals surface area contributed by atoms with E-state index in [4.69, 9.17) is 4.74 Å². The van der Waals surface area contributed by atoms with Crippen molar-refractivity contribution in [2.45, 2.75) is 20.0 Å². The molecule has 0 heterocycles. The van der Waals surface area contributed by atoms with Crippen LogP contribution in [-0.2, 0) is 0 Å². The summed E-state index contributed by atoms with van der Waals surface area (Å²) in [6, 6.07) is 13.0. The molecule has 2 aromatic rings. The van der Waals surface area contributed by atoms with E-state index in [0.29, 0.717) is 22.8 Å². The van der Waals surface area contributed by atoms with Crippen molar-refractivity contribution in [1.82, 2.24) is 0 Å². The van der Waals surface area contributed by atoms with Crippen molar-refractivity contribution in [1.29, 1.82) is 0 Å². The Morgan fingerprint density at radius 3 is 2.36 bits per heavy atom. The van der Waals surface area contributed by atoms with Crippen LogP contribution in [0.5, 0.6) is 5.75 Å². The second kappa shape index (κ2) is 7.21. The lowest BCUT2D eigenvalue weighted by Crippen LogP contribution is -2.19. The van der Waals surface area contributed by atoms with Crippen molar-refractivity contribution in [2.75, 3.05) is 10.6 Å². The Labute approximate surface area is 128 Å². The van der Waals surface area contributed by atoms with Crippen LogP contribution in [0.3, 0.4) is 0 Å². The van der Waals surface area contributed by atoms with E-state index >= 15 is 0 Å². The van der Waals surface area contributed by atoms with Gasteiger partial charge in [-0.25, -0.2) is 4.79 Å². The molecular weight excluding hydrogens is 282 g/mol. The summed E-state index contributed by atoms with van der Waals surface area (Å²) in [5.41, 5.74) is 1.51. The molecule has 0 saturated carbocycles. The van der Waals surface area contributed by atoms with Crippen LogP contribution in [0, 0.1) is 4.91 Å². The van der Waals surface area contributed by atoms with Crippen LogP contribution in [0.1, 0.15) is 13.8 Å². The minimum Gasteiger partial charge on any atom is -0.491 e. The molecule has 6 heteroatoms. The summed E-state index contributed by atoms with van der Waals surface area (Å²) in [7, 11) is 0. The topological polar surface area (TPSA) is 79.8 Å². The van der Waals surface area contributed by atoms with Crippen LogP contribution in [0.4, 0.5) is 21.9 Å². The average Bonchev–Trinajstić information content (AvgIpc) is 2.47. The van der Waals surface area contributed by atoms with E-state index in [1.807, 2.05) is 19.9 Å². The van der Waals surface area contributed by atoms with Crippen molar-refractivity contribution in [3.8, 4) is 5.75 Å². The highest BCUT2D eigenvalue weighted by Crippen LogP contribution is 2.19. The number of urea groups is 1. The van der Waals surface area contributed by atoms with E-state index < -0.39 is 0 Å². The molecule has 114 valence electrons. The van der Waals surface area contributed by atoms with Gasteiger partial charge in [0.2, 0.25) is 0 Å². The van der Waals surface area contributed by atoms with Gasteiger partial charge in [0.15, 0.2) is 0 Å². The molecule has 0 aromatic heterocycles. The standard InChI is InChI=1S/C16H17N3O3/c1-11(2)22-15-5-3-4-14(10-15)18-16(20)17-12-6-8-13(19-21)9-7-12/h3-11H,1-2H3,(H2,17,18,20). The Hall–Kier alpha value is -2.89. The van der Waals surface area contributed by atoms with Gasteiger partial charge in [-0.05, 0) is 55.4 Å². The number of nitroso groups, excluding NO2 is 1. The summed E-state index contributed by atoms with van der Waals surface area (Å²) in [6.07, 6.45) is 0.0639. The molecule has 0 atom stereocenters. The first-order valence-electron chi connectivity index (χ1n) is 6.85. The van der Waals surface area contributed by atoms with Crippen LogP contribution >= 0.6 is 0 Å². The molecule has 0 bridgehead atoms. The van der Waals surface area contributed by atoms with Gasteiger partial charge in [0.25, 0.3) is 0 Å². The van der Waals surface area contributed by atoms with Gasteiger partial charge in [0, 0.05) is 17.4 Å². The summed E-state index contributed by atoms with van der Waals surface area (Å²) >= 11 is 0. The van der Waals surface area contributed by atoms with Crippen LogP contribution in [0.2, 0.25) is 0 Å². The van der Waals surface area contributed by atoms with Crippen LogP contribution in [0.15, 0.2) is 53.7 Å². The lowest BCUT2D eigenvalue weighted by molar-refractivity contribution is 0.242. The Morgan fingerprint density at radius 2 is 1.73 bits per heavy atom. The molecular formula is C16H17N3O3. The molecule has 2 amide bonds. The van der Waals surface area contributed by atoms with Gasteiger partial charge in [-0.2, -0.15) is 0 Å². The third-order valence-corrected chi connectivity index (χ3v) is 2.69. The predicted molar refractivity (Wildman–Crippen MR) is 86.7 cm³/mol. The number of benzene rings is 2. The van der Waals surface area contributed by atoms with E-state index in [2.05, 4.69) is 15.8 Å². The number of carbonyl (C=O) groups excluding carboxylic acids is 1. The van der Waals surface area contributed by atoms with Gasteiger partial charge in [0.05, 0.1) is 6.10 Å². The molecule has 0 fully saturated rings. The zero-order valence-electron chi connectivity index (χ0n) is 12.4. The van der Waals surface area contributed by atoms with Gasteiger partial charge >= 0.3 is 6.03 Å². The SMILES string of the molecule is CC(C)Oc1cccc(NC(=O)Nc2ccc(N=O)cc2)c1. The highest BCUT2D eigenvalue weighted by atomic mass is 16.5. The second-order valence-electron chi connectivity index (χ2n) is 4.91. The summed E-state index contributed by atoms with van der Waals surface area (Å²) in [6.45, 7) is 3.87. The number of nitrogens with zero attached hydrogens (tertiary/aromatic N) is 1. The average molecular weight is 299 g/mol. The zero-order chi connectivity index (χ0) is 15.9. The number of hydrogen-bond donors (Lipinski definition) is 2. The van der Waals surface area contributed by atoms with Gasteiger partial charge < -0.3 is 15.4 Å². The summed E-state index contributed by atoms with van der Waals surface area (Å²) in [5.74, 6) is 0.689. The molecule has 6 nitrogen and oxygen atoms in total. The number of carbonyl (C=O) groups is 1. The number of nitrogens with one attached hydrogen (secondary N) is 2. The fraction of sp³-hybridized carbons (Fsp3) is 0.188. The summed E-state index contributed by atoms with van der Waals surface area (Å²) in [5, 5.41) is 8.18. The molecule has 0 aliphatic carbocycles. The Kier molecular flexibility index (Phi) is 5.08. The number of amides is 2. The quantitative estimate of drug-likeness (QED) is 0.797. The maximum Gasteiger partial charge on any atom is 0.323 e. The molecule has 0 aliphatic rings. The second-order valence-corrected chi connectivity index (χ2v) is 4.91. The zero-order valence-corrected chi connectivity index (χ0v) is 12.4. The Morgan fingerprint density at radius 1 is 1.05 bits per heavy atom. The maximum absolute atomic E-state index is 11.9. The first-order valence-corrected chi connectivity index (χ1v) is 6.85. The fourth-order valence-electron chi connectivity index (χ4n) is 1.82. The van der Waals surface area contributed by atoms with Crippen LogP contribution in [-0.4, -0.2) is 12.1 Å². The monoisotopic (exact) mass is 299 g/mol. The van der Waals surface area contributed by atoms with Gasteiger partial charge in [-0.1, -0.05) is 6.07 Å². The minimum absolute atomic E-state index is 0.0639. The first-order chi connectivity index (χ1) is 10.6. The smallest absolute Gasteiger partial charge is 0.323 e. The highest BCUT2D eigenvalue weighted by Gasteiger charge is 2.05.